The van der Waals surface area contributed by atoms with E-state index in [1.165, 1.54) is 12.1 Å². The number of benzene rings is 2. The van der Waals surface area contributed by atoms with Crippen LogP contribution in [0.2, 0.25) is 0 Å². The molecule has 2 aromatic carbocycles. The zero-order valence-corrected chi connectivity index (χ0v) is 10.2. The fourth-order valence-electron chi connectivity index (χ4n) is 1.65. The smallest absolute Gasteiger partial charge is 0.258 e. The topological polar surface area (TPSA) is 49.3 Å². The Morgan fingerprint density at radius 2 is 1.85 bits per heavy atom. The Hall–Kier alpha value is -2.34. The third kappa shape index (κ3) is 2.80. The number of aliphatic hydroxyl groups is 1. The molecule has 0 aliphatic heterocycles. The summed E-state index contributed by atoms with van der Waals surface area (Å²) in [5.74, 6) is -5.50. The van der Waals surface area contributed by atoms with E-state index in [4.69, 9.17) is 5.11 Å². The number of nitrogens with one attached hydrogen (secondary N) is 1. The quantitative estimate of drug-likeness (QED) is 0.850. The van der Waals surface area contributed by atoms with E-state index in [0.717, 1.165) is 6.07 Å². The second-order valence-corrected chi connectivity index (χ2v) is 4.04. The van der Waals surface area contributed by atoms with Crippen molar-refractivity contribution < 1.29 is 23.1 Å². The zero-order chi connectivity index (χ0) is 14.7. The number of hydrogen-bond acceptors (Lipinski definition) is 2. The van der Waals surface area contributed by atoms with E-state index >= 15 is 0 Å². The van der Waals surface area contributed by atoms with Gasteiger partial charge in [-0.2, -0.15) is 0 Å². The monoisotopic (exact) mass is 281 g/mol. The maximum Gasteiger partial charge on any atom is 0.258 e. The standard InChI is InChI=1S/C14H10F3NO2/c15-11-5-4-10(12(16)13(11)17)14(20)18-9-3-1-2-8(6-9)7-19/h1-6,19H,7H2,(H,18,20). The Morgan fingerprint density at radius 1 is 1.10 bits per heavy atom. The zero-order valence-electron chi connectivity index (χ0n) is 10.2. The summed E-state index contributed by atoms with van der Waals surface area (Å²) in [5, 5.41) is 11.3. The lowest BCUT2D eigenvalue weighted by molar-refractivity contribution is 0.102. The third-order valence-electron chi connectivity index (χ3n) is 2.65. The molecule has 1 amide bonds. The van der Waals surface area contributed by atoms with Gasteiger partial charge in [0.15, 0.2) is 17.5 Å². The molecule has 0 saturated carbocycles. The van der Waals surface area contributed by atoms with Crippen molar-refractivity contribution in [1.82, 2.24) is 0 Å². The first-order valence-electron chi connectivity index (χ1n) is 5.67. The number of halogens is 3. The molecule has 6 heteroatoms. The molecule has 2 rings (SSSR count). The molecule has 20 heavy (non-hydrogen) atoms. The van der Waals surface area contributed by atoms with Gasteiger partial charge in [-0.25, -0.2) is 13.2 Å². The molecular formula is C14H10F3NO2. The first-order valence-corrected chi connectivity index (χ1v) is 5.67. The van der Waals surface area contributed by atoms with Gasteiger partial charge in [-0.1, -0.05) is 12.1 Å². The highest BCUT2D eigenvalue weighted by molar-refractivity contribution is 6.04. The minimum Gasteiger partial charge on any atom is -0.392 e. The van der Waals surface area contributed by atoms with Crippen LogP contribution in [0.1, 0.15) is 15.9 Å². The lowest BCUT2D eigenvalue weighted by Gasteiger charge is -2.08. The Morgan fingerprint density at radius 3 is 2.55 bits per heavy atom. The third-order valence-corrected chi connectivity index (χ3v) is 2.65. The Labute approximate surface area is 112 Å². The van der Waals surface area contributed by atoms with Crippen molar-refractivity contribution in [3.8, 4) is 0 Å². The molecule has 0 atom stereocenters. The van der Waals surface area contributed by atoms with Gasteiger partial charge in [0.2, 0.25) is 0 Å². The summed E-state index contributed by atoms with van der Waals surface area (Å²) in [7, 11) is 0. The Kier molecular flexibility index (Phi) is 4.05. The van der Waals surface area contributed by atoms with E-state index in [0.29, 0.717) is 17.3 Å². The van der Waals surface area contributed by atoms with Crippen LogP contribution >= 0.6 is 0 Å². The molecule has 0 unspecified atom stereocenters. The number of hydrogen-bond donors (Lipinski definition) is 2. The summed E-state index contributed by atoms with van der Waals surface area (Å²) in [4.78, 5) is 11.8. The highest BCUT2D eigenvalue weighted by Gasteiger charge is 2.18. The van der Waals surface area contributed by atoms with Crippen molar-refractivity contribution in [3.63, 3.8) is 0 Å². The van der Waals surface area contributed by atoms with Crippen molar-refractivity contribution in [1.29, 1.82) is 0 Å². The number of carbonyl (C=O) groups is 1. The van der Waals surface area contributed by atoms with Crippen molar-refractivity contribution in [3.05, 3.63) is 65.0 Å². The minimum atomic E-state index is -1.69. The molecule has 0 aliphatic carbocycles. The fraction of sp³-hybridized carbons (Fsp3) is 0.0714. The number of rotatable bonds is 3. The van der Waals surface area contributed by atoms with Crippen LogP contribution in [-0.2, 0) is 6.61 Å². The summed E-state index contributed by atoms with van der Waals surface area (Å²) in [6.45, 7) is -0.219. The van der Waals surface area contributed by atoms with E-state index in [1.54, 1.807) is 12.1 Å². The maximum atomic E-state index is 13.4. The molecule has 0 bridgehead atoms. The molecule has 0 saturated heterocycles. The largest absolute Gasteiger partial charge is 0.392 e. The van der Waals surface area contributed by atoms with Gasteiger partial charge in [0.25, 0.3) is 5.91 Å². The van der Waals surface area contributed by atoms with Crippen LogP contribution in [0.5, 0.6) is 0 Å². The molecule has 0 aromatic heterocycles. The van der Waals surface area contributed by atoms with Crippen LogP contribution in [0, 0.1) is 17.5 Å². The first-order chi connectivity index (χ1) is 9.52. The average Bonchev–Trinajstić information content (AvgIpc) is 2.45. The maximum absolute atomic E-state index is 13.4. The molecule has 0 spiro atoms. The molecule has 0 fully saturated rings. The highest BCUT2D eigenvalue weighted by atomic mass is 19.2. The molecule has 2 aromatic rings. The average molecular weight is 281 g/mol. The summed E-state index contributed by atoms with van der Waals surface area (Å²) in [6.07, 6.45) is 0. The summed E-state index contributed by atoms with van der Waals surface area (Å²) in [5.41, 5.74) is 0.262. The van der Waals surface area contributed by atoms with Crippen molar-refractivity contribution in [2.75, 3.05) is 5.32 Å². The van der Waals surface area contributed by atoms with Gasteiger partial charge in [0, 0.05) is 5.69 Å². The van der Waals surface area contributed by atoms with Crippen LogP contribution in [0.4, 0.5) is 18.9 Å². The van der Waals surface area contributed by atoms with E-state index in [1.807, 2.05) is 0 Å². The van der Waals surface area contributed by atoms with Gasteiger partial charge < -0.3 is 10.4 Å². The minimum absolute atomic E-state index is 0.219. The number of carbonyl (C=O) groups excluding carboxylic acids is 1. The predicted octanol–water partition coefficient (Wildman–Crippen LogP) is 2.85. The van der Waals surface area contributed by atoms with Gasteiger partial charge in [-0.05, 0) is 29.8 Å². The van der Waals surface area contributed by atoms with Crippen LogP contribution in [0.3, 0.4) is 0 Å². The van der Waals surface area contributed by atoms with Crippen LogP contribution < -0.4 is 5.32 Å². The highest BCUT2D eigenvalue weighted by Crippen LogP contribution is 2.17. The van der Waals surface area contributed by atoms with Gasteiger partial charge >= 0.3 is 0 Å². The van der Waals surface area contributed by atoms with E-state index < -0.39 is 28.9 Å². The summed E-state index contributed by atoms with van der Waals surface area (Å²) in [6, 6.07) is 7.76. The lowest BCUT2D eigenvalue weighted by Crippen LogP contribution is -2.15. The summed E-state index contributed by atoms with van der Waals surface area (Å²) < 4.78 is 39.3. The van der Waals surface area contributed by atoms with Crippen molar-refractivity contribution in [2.24, 2.45) is 0 Å². The Balaban J connectivity index is 2.26. The van der Waals surface area contributed by atoms with E-state index in [9.17, 15) is 18.0 Å². The fourth-order valence-corrected chi connectivity index (χ4v) is 1.65. The SMILES string of the molecule is O=C(Nc1cccc(CO)c1)c1ccc(F)c(F)c1F. The lowest BCUT2D eigenvalue weighted by atomic mass is 10.1. The first kappa shape index (κ1) is 14.1. The number of amides is 1. The molecule has 0 aliphatic rings. The predicted molar refractivity (Wildman–Crippen MR) is 66.6 cm³/mol. The van der Waals surface area contributed by atoms with Crippen molar-refractivity contribution >= 4 is 11.6 Å². The van der Waals surface area contributed by atoms with Crippen LogP contribution in [0.25, 0.3) is 0 Å². The number of aliphatic hydroxyl groups excluding tert-OH is 1. The van der Waals surface area contributed by atoms with E-state index in [2.05, 4.69) is 5.32 Å². The summed E-state index contributed by atoms with van der Waals surface area (Å²) >= 11 is 0. The molecule has 2 N–H and O–H groups in total. The second kappa shape index (κ2) is 5.75. The van der Waals surface area contributed by atoms with Crippen LogP contribution in [0.15, 0.2) is 36.4 Å². The van der Waals surface area contributed by atoms with Gasteiger partial charge in [-0.3, -0.25) is 4.79 Å². The second-order valence-electron chi connectivity index (χ2n) is 4.04. The number of anilines is 1. The molecule has 3 nitrogen and oxygen atoms in total. The molecule has 0 heterocycles. The van der Waals surface area contributed by atoms with Crippen LogP contribution in [-0.4, -0.2) is 11.0 Å². The molecule has 0 radical (unpaired) electrons. The van der Waals surface area contributed by atoms with Gasteiger partial charge in [0.1, 0.15) is 0 Å². The molecule has 104 valence electrons. The Bertz CT molecular complexity index is 659. The van der Waals surface area contributed by atoms with E-state index in [-0.39, 0.29) is 6.61 Å². The normalized spacial score (nSPS) is 10.4. The van der Waals surface area contributed by atoms with Gasteiger partial charge in [-0.15, -0.1) is 0 Å². The van der Waals surface area contributed by atoms with Gasteiger partial charge in [0.05, 0.1) is 12.2 Å². The molecular weight excluding hydrogens is 271 g/mol. The van der Waals surface area contributed by atoms with Crippen molar-refractivity contribution in [2.45, 2.75) is 6.61 Å².